The minimum absolute atomic E-state index is 0.164. The van der Waals surface area contributed by atoms with E-state index in [4.69, 9.17) is 5.21 Å². The van der Waals surface area contributed by atoms with E-state index in [-0.39, 0.29) is 5.75 Å². The third-order valence-electron chi connectivity index (χ3n) is 2.92. The molecular formula is C14H21NO2. The van der Waals surface area contributed by atoms with Crippen molar-refractivity contribution >= 4 is 5.71 Å². The molecule has 0 aliphatic heterocycles. The van der Waals surface area contributed by atoms with Crippen LogP contribution in [0.5, 0.6) is 5.75 Å². The van der Waals surface area contributed by atoms with Crippen LogP contribution in [-0.2, 0) is 6.42 Å². The smallest absolute Gasteiger partial charge is 0.124 e. The van der Waals surface area contributed by atoms with Crippen molar-refractivity contribution < 1.29 is 10.3 Å². The second-order valence-corrected chi connectivity index (χ2v) is 4.35. The van der Waals surface area contributed by atoms with Crippen LogP contribution in [0.25, 0.3) is 0 Å². The molecule has 0 aliphatic carbocycles. The van der Waals surface area contributed by atoms with E-state index in [1.807, 2.05) is 12.1 Å². The van der Waals surface area contributed by atoms with Crippen LogP contribution in [0.3, 0.4) is 0 Å². The van der Waals surface area contributed by atoms with Gasteiger partial charge in [-0.3, -0.25) is 0 Å². The van der Waals surface area contributed by atoms with Crippen molar-refractivity contribution in [2.45, 2.75) is 46.0 Å². The van der Waals surface area contributed by atoms with E-state index in [9.17, 15) is 5.11 Å². The maximum atomic E-state index is 9.65. The summed E-state index contributed by atoms with van der Waals surface area (Å²) < 4.78 is 0. The van der Waals surface area contributed by atoms with Gasteiger partial charge in [-0.2, -0.15) is 0 Å². The molecule has 17 heavy (non-hydrogen) atoms. The van der Waals surface area contributed by atoms with Crippen molar-refractivity contribution in [3.63, 3.8) is 0 Å². The highest BCUT2D eigenvalue weighted by Crippen LogP contribution is 2.20. The maximum Gasteiger partial charge on any atom is 0.124 e. The van der Waals surface area contributed by atoms with E-state index in [0.29, 0.717) is 11.3 Å². The number of unbranched alkanes of at least 4 members (excludes halogenated alkanes) is 3. The molecule has 0 fully saturated rings. The van der Waals surface area contributed by atoms with Crippen LogP contribution in [0.15, 0.2) is 23.4 Å². The van der Waals surface area contributed by atoms with Crippen LogP contribution in [0.1, 0.15) is 50.7 Å². The van der Waals surface area contributed by atoms with Gasteiger partial charge in [0.15, 0.2) is 0 Å². The molecule has 0 bridgehead atoms. The highest BCUT2D eigenvalue weighted by Gasteiger charge is 2.06. The molecule has 0 saturated heterocycles. The molecule has 1 rings (SSSR count). The van der Waals surface area contributed by atoms with E-state index in [1.165, 1.54) is 24.8 Å². The summed E-state index contributed by atoms with van der Waals surface area (Å²) in [5.41, 5.74) is 2.23. The quantitative estimate of drug-likeness (QED) is 0.342. The first-order valence-corrected chi connectivity index (χ1v) is 6.20. The van der Waals surface area contributed by atoms with Crippen LogP contribution >= 0.6 is 0 Å². The molecule has 0 aliphatic rings. The first-order valence-electron chi connectivity index (χ1n) is 6.20. The molecule has 0 radical (unpaired) electrons. The van der Waals surface area contributed by atoms with Crippen LogP contribution in [0.2, 0.25) is 0 Å². The lowest BCUT2D eigenvalue weighted by molar-refractivity contribution is 0.318. The number of hydrogen-bond donors (Lipinski definition) is 2. The Morgan fingerprint density at radius 2 is 2.00 bits per heavy atom. The number of aromatic hydroxyl groups is 1. The van der Waals surface area contributed by atoms with Crippen molar-refractivity contribution in [1.29, 1.82) is 0 Å². The van der Waals surface area contributed by atoms with E-state index in [1.54, 1.807) is 13.0 Å². The Hall–Kier alpha value is -1.51. The first-order chi connectivity index (χ1) is 8.19. The van der Waals surface area contributed by atoms with Gasteiger partial charge in [-0.05, 0) is 37.5 Å². The topological polar surface area (TPSA) is 52.8 Å². The molecule has 1 aromatic carbocycles. The Labute approximate surface area is 103 Å². The summed E-state index contributed by atoms with van der Waals surface area (Å²) >= 11 is 0. The Kier molecular flexibility index (Phi) is 5.53. The second kappa shape index (κ2) is 6.94. The fourth-order valence-corrected chi connectivity index (χ4v) is 1.84. The third kappa shape index (κ3) is 4.10. The highest BCUT2D eigenvalue weighted by atomic mass is 16.4. The van der Waals surface area contributed by atoms with Gasteiger partial charge in [0, 0.05) is 5.56 Å². The summed E-state index contributed by atoms with van der Waals surface area (Å²) in [7, 11) is 0. The Morgan fingerprint density at radius 1 is 1.24 bits per heavy atom. The van der Waals surface area contributed by atoms with Crippen LogP contribution in [-0.4, -0.2) is 16.0 Å². The number of hydrogen-bond acceptors (Lipinski definition) is 3. The number of oxime groups is 1. The monoisotopic (exact) mass is 235 g/mol. The molecule has 0 amide bonds. The standard InChI is InChI=1S/C14H21NO2/c1-3-4-5-6-7-12-8-9-14(16)13(10-12)11(2)15-17/h8-10,16-17H,3-7H2,1-2H3. The summed E-state index contributed by atoms with van der Waals surface area (Å²) in [5, 5.41) is 21.5. The van der Waals surface area contributed by atoms with Gasteiger partial charge in [0.1, 0.15) is 5.75 Å². The molecule has 94 valence electrons. The van der Waals surface area contributed by atoms with Crippen molar-refractivity contribution in [3.8, 4) is 5.75 Å². The lowest BCUT2D eigenvalue weighted by Crippen LogP contribution is -1.97. The van der Waals surface area contributed by atoms with E-state index >= 15 is 0 Å². The molecule has 0 atom stereocenters. The lowest BCUT2D eigenvalue weighted by Gasteiger charge is -2.06. The summed E-state index contributed by atoms with van der Waals surface area (Å²) in [4.78, 5) is 0. The third-order valence-corrected chi connectivity index (χ3v) is 2.92. The fourth-order valence-electron chi connectivity index (χ4n) is 1.84. The molecule has 0 saturated carbocycles. The molecule has 1 aromatic rings. The van der Waals surface area contributed by atoms with Gasteiger partial charge in [0.05, 0.1) is 5.71 Å². The second-order valence-electron chi connectivity index (χ2n) is 4.35. The maximum absolute atomic E-state index is 9.65. The van der Waals surface area contributed by atoms with Gasteiger partial charge in [0.25, 0.3) is 0 Å². The summed E-state index contributed by atoms with van der Waals surface area (Å²) in [6.07, 6.45) is 5.90. The molecular weight excluding hydrogens is 214 g/mol. The summed E-state index contributed by atoms with van der Waals surface area (Å²) in [5.74, 6) is 0.164. The minimum Gasteiger partial charge on any atom is -0.507 e. The van der Waals surface area contributed by atoms with Crippen molar-refractivity contribution in [2.24, 2.45) is 5.16 Å². The van der Waals surface area contributed by atoms with Gasteiger partial charge in [-0.25, -0.2) is 0 Å². The zero-order chi connectivity index (χ0) is 12.7. The zero-order valence-corrected chi connectivity index (χ0v) is 10.6. The largest absolute Gasteiger partial charge is 0.507 e. The SMILES string of the molecule is CCCCCCc1ccc(O)c(C(C)=NO)c1. The van der Waals surface area contributed by atoms with Crippen LogP contribution in [0.4, 0.5) is 0 Å². The summed E-state index contributed by atoms with van der Waals surface area (Å²) in [6, 6.07) is 5.49. The number of rotatable bonds is 6. The normalized spacial score (nSPS) is 11.8. The van der Waals surface area contributed by atoms with Gasteiger partial charge in [0.2, 0.25) is 0 Å². The predicted molar refractivity (Wildman–Crippen MR) is 70.0 cm³/mol. The van der Waals surface area contributed by atoms with Crippen molar-refractivity contribution in [2.75, 3.05) is 0 Å². The Balaban J connectivity index is 2.68. The van der Waals surface area contributed by atoms with Gasteiger partial charge in [-0.1, -0.05) is 37.4 Å². The van der Waals surface area contributed by atoms with Gasteiger partial charge < -0.3 is 10.3 Å². The van der Waals surface area contributed by atoms with Crippen LogP contribution < -0.4 is 0 Å². The molecule has 3 nitrogen and oxygen atoms in total. The van der Waals surface area contributed by atoms with Gasteiger partial charge in [-0.15, -0.1) is 0 Å². The number of phenols is 1. The van der Waals surface area contributed by atoms with E-state index < -0.39 is 0 Å². The minimum atomic E-state index is 0.164. The highest BCUT2D eigenvalue weighted by molar-refractivity contribution is 6.00. The summed E-state index contributed by atoms with van der Waals surface area (Å²) in [6.45, 7) is 3.87. The van der Waals surface area contributed by atoms with Gasteiger partial charge >= 0.3 is 0 Å². The average molecular weight is 235 g/mol. The molecule has 0 heterocycles. The van der Waals surface area contributed by atoms with E-state index in [2.05, 4.69) is 12.1 Å². The Morgan fingerprint density at radius 3 is 2.65 bits per heavy atom. The zero-order valence-electron chi connectivity index (χ0n) is 10.6. The number of nitrogens with zero attached hydrogens (tertiary/aromatic N) is 1. The number of aryl methyl sites for hydroxylation is 1. The van der Waals surface area contributed by atoms with Crippen LogP contribution in [0, 0.1) is 0 Å². The number of benzene rings is 1. The Bertz CT molecular complexity index is 386. The lowest BCUT2D eigenvalue weighted by atomic mass is 10.0. The average Bonchev–Trinajstić information content (AvgIpc) is 2.35. The molecule has 0 unspecified atom stereocenters. The number of phenolic OH excluding ortho intramolecular Hbond substituents is 1. The molecule has 2 N–H and O–H groups in total. The predicted octanol–water partition coefficient (Wildman–Crippen LogP) is 3.71. The fraction of sp³-hybridized carbons (Fsp3) is 0.500. The first kappa shape index (κ1) is 13.6. The van der Waals surface area contributed by atoms with Crippen molar-refractivity contribution in [1.82, 2.24) is 0 Å². The molecule has 0 aromatic heterocycles. The van der Waals surface area contributed by atoms with E-state index in [0.717, 1.165) is 12.8 Å². The van der Waals surface area contributed by atoms with Crippen molar-refractivity contribution in [3.05, 3.63) is 29.3 Å². The molecule has 0 spiro atoms. The molecule has 3 heteroatoms.